The first-order chi connectivity index (χ1) is 14.1. The van der Waals surface area contributed by atoms with Gasteiger partial charge in [-0.25, -0.2) is 4.79 Å². The van der Waals surface area contributed by atoms with E-state index in [0.717, 1.165) is 4.90 Å². The molecule has 2 aliphatic rings. The second kappa shape index (κ2) is 8.82. The fourth-order valence-corrected chi connectivity index (χ4v) is 4.67. The maximum atomic E-state index is 12.4. The third-order valence-electron chi connectivity index (χ3n) is 5.49. The van der Waals surface area contributed by atoms with Crippen molar-refractivity contribution in [1.82, 2.24) is 0 Å². The average Bonchev–Trinajstić information content (AvgIpc) is 2.77. The molecule has 5 nitrogen and oxygen atoms in total. The van der Waals surface area contributed by atoms with Crippen molar-refractivity contribution in [2.24, 2.45) is 0 Å². The standard InChI is InChI=1S/C23H23NO4S/c25-20(17-8-6-16(7-9-17)15-4-2-1-3-5-15)13-28-23(27)18-10-11-21-19(12-18)24-22(26)14-29-21/h6-12,15H,1-5,13-14H2,(H,24,26). The van der Waals surface area contributed by atoms with E-state index in [-0.39, 0.29) is 18.3 Å². The van der Waals surface area contributed by atoms with Gasteiger partial charge in [0.15, 0.2) is 12.4 Å². The Balaban J connectivity index is 1.35. The Labute approximate surface area is 174 Å². The number of carbonyl (C=O) groups is 3. The summed E-state index contributed by atoms with van der Waals surface area (Å²) in [5.74, 6) is 0.0543. The van der Waals surface area contributed by atoms with Gasteiger partial charge in [-0.15, -0.1) is 11.8 Å². The monoisotopic (exact) mass is 409 g/mol. The van der Waals surface area contributed by atoms with Crippen molar-refractivity contribution in [2.75, 3.05) is 17.7 Å². The molecule has 4 rings (SSSR count). The first-order valence-corrected chi connectivity index (χ1v) is 11.0. The summed E-state index contributed by atoms with van der Waals surface area (Å²) < 4.78 is 5.20. The first-order valence-electron chi connectivity index (χ1n) is 9.97. The summed E-state index contributed by atoms with van der Waals surface area (Å²) in [7, 11) is 0. The molecule has 0 unspecified atom stereocenters. The lowest BCUT2D eigenvalue weighted by molar-refractivity contribution is -0.113. The summed E-state index contributed by atoms with van der Waals surface area (Å²) in [5, 5.41) is 2.74. The Morgan fingerprint density at radius 2 is 1.72 bits per heavy atom. The summed E-state index contributed by atoms with van der Waals surface area (Å²) >= 11 is 1.43. The van der Waals surface area contributed by atoms with Crippen LogP contribution in [0.4, 0.5) is 5.69 Å². The van der Waals surface area contributed by atoms with Crippen molar-refractivity contribution in [3.63, 3.8) is 0 Å². The summed E-state index contributed by atoms with van der Waals surface area (Å²) in [6, 6.07) is 12.7. The number of nitrogens with one attached hydrogen (secondary N) is 1. The van der Waals surface area contributed by atoms with Gasteiger partial charge in [0.2, 0.25) is 5.91 Å². The minimum atomic E-state index is -0.579. The van der Waals surface area contributed by atoms with E-state index in [1.165, 1.54) is 49.4 Å². The van der Waals surface area contributed by atoms with Crippen LogP contribution >= 0.6 is 11.8 Å². The number of ether oxygens (including phenoxy) is 1. The van der Waals surface area contributed by atoms with Gasteiger partial charge in [0.1, 0.15) is 0 Å². The van der Waals surface area contributed by atoms with Gasteiger partial charge >= 0.3 is 5.97 Å². The summed E-state index contributed by atoms with van der Waals surface area (Å²) in [5.41, 5.74) is 2.75. The molecule has 0 spiro atoms. The maximum Gasteiger partial charge on any atom is 0.338 e. The minimum absolute atomic E-state index is 0.0973. The summed E-state index contributed by atoms with van der Waals surface area (Å²) in [4.78, 5) is 37.1. The Morgan fingerprint density at radius 3 is 2.48 bits per heavy atom. The molecule has 150 valence electrons. The molecule has 2 aromatic rings. The van der Waals surface area contributed by atoms with Crippen LogP contribution in [0.2, 0.25) is 0 Å². The fourth-order valence-electron chi connectivity index (χ4n) is 3.88. The number of esters is 1. The molecule has 0 saturated heterocycles. The first kappa shape index (κ1) is 19.7. The molecular weight excluding hydrogens is 386 g/mol. The molecule has 1 N–H and O–H groups in total. The number of carbonyl (C=O) groups excluding carboxylic acids is 3. The molecule has 0 bridgehead atoms. The van der Waals surface area contributed by atoms with Gasteiger partial charge in [0, 0.05) is 10.5 Å². The zero-order valence-electron chi connectivity index (χ0n) is 16.1. The Kier molecular flexibility index (Phi) is 6.00. The van der Waals surface area contributed by atoms with E-state index in [0.29, 0.717) is 28.5 Å². The molecule has 6 heteroatoms. The number of hydrogen-bond acceptors (Lipinski definition) is 5. The van der Waals surface area contributed by atoms with Crippen molar-refractivity contribution in [3.8, 4) is 0 Å². The normalized spacial score (nSPS) is 16.6. The Hall–Kier alpha value is -2.60. The number of rotatable bonds is 5. The highest BCUT2D eigenvalue weighted by Gasteiger charge is 2.19. The van der Waals surface area contributed by atoms with E-state index in [4.69, 9.17) is 4.74 Å². The third-order valence-corrected chi connectivity index (χ3v) is 6.57. The van der Waals surface area contributed by atoms with Crippen LogP contribution in [0.5, 0.6) is 0 Å². The third kappa shape index (κ3) is 4.70. The molecule has 0 radical (unpaired) electrons. The summed E-state index contributed by atoms with van der Waals surface area (Å²) in [6.07, 6.45) is 6.28. The number of hydrogen-bond donors (Lipinski definition) is 1. The number of Topliss-reactive ketones (excluding diaryl/α,β-unsaturated/α-hetero) is 1. The van der Waals surface area contributed by atoms with E-state index in [2.05, 4.69) is 5.32 Å². The van der Waals surface area contributed by atoms with E-state index in [1.54, 1.807) is 18.2 Å². The summed E-state index contributed by atoms with van der Waals surface area (Å²) in [6.45, 7) is -0.306. The highest BCUT2D eigenvalue weighted by atomic mass is 32.2. The fraction of sp³-hybridized carbons (Fsp3) is 0.348. The second-order valence-electron chi connectivity index (χ2n) is 7.50. The van der Waals surface area contributed by atoms with Crippen molar-refractivity contribution < 1.29 is 19.1 Å². The lowest BCUT2D eigenvalue weighted by Crippen LogP contribution is -2.19. The lowest BCUT2D eigenvalue weighted by atomic mass is 9.84. The van der Waals surface area contributed by atoms with Crippen LogP contribution in [-0.4, -0.2) is 30.0 Å². The molecule has 0 aromatic heterocycles. The molecule has 1 aliphatic heterocycles. The minimum Gasteiger partial charge on any atom is -0.454 e. The number of thioether (sulfide) groups is 1. The van der Waals surface area contributed by atoms with Gasteiger partial charge in [-0.05, 0) is 42.5 Å². The number of fused-ring (bicyclic) bond motifs is 1. The van der Waals surface area contributed by atoms with E-state index in [1.807, 2.05) is 24.3 Å². The lowest BCUT2D eigenvalue weighted by Gasteiger charge is -2.22. The van der Waals surface area contributed by atoms with Crippen LogP contribution in [0.25, 0.3) is 0 Å². The quantitative estimate of drug-likeness (QED) is 0.566. The van der Waals surface area contributed by atoms with Crippen LogP contribution < -0.4 is 5.32 Å². The van der Waals surface area contributed by atoms with Gasteiger partial charge < -0.3 is 10.1 Å². The largest absolute Gasteiger partial charge is 0.454 e. The Morgan fingerprint density at radius 1 is 1.00 bits per heavy atom. The highest BCUT2D eigenvalue weighted by molar-refractivity contribution is 8.00. The second-order valence-corrected chi connectivity index (χ2v) is 8.52. The van der Waals surface area contributed by atoms with E-state index >= 15 is 0 Å². The number of benzene rings is 2. The predicted molar refractivity (Wildman–Crippen MR) is 113 cm³/mol. The maximum absolute atomic E-state index is 12.4. The van der Waals surface area contributed by atoms with Gasteiger partial charge in [0.05, 0.1) is 17.0 Å². The van der Waals surface area contributed by atoms with Crippen LogP contribution in [0.1, 0.15) is 64.3 Å². The van der Waals surface area contributed by atoms with E-state index < -0.39 is 5.97 Å². The zero-order chi connectivity index (χ0) is 20.2. The average molecular weight is 410 g/mol. The van der Waals surface area contributed by atoms with Crippen LogP contribution in [0.15, 0.2) is 47.4 Å². The number of ketones is 1. The molecule has 1 fully saturated rings. The van der Waals surface area contributed by atoms with Gasteiger partial charge in [-0.1, -0.05) is 43.5 Å². The molecule has 1 aliphatic carbocycles. The topological polar surface area (TPSA) is 72.5 Å². The van der Waals surface area contributed by atoms with Crippen molar-refractivity contribution in [3.05, 3.63) is 59.2 Å². The van der Waals surface area contributed by atoms with Crippen molar-refractivity contribution in [1.29, 1.82) is 0 Å². The van der Waals surface area contributed by atoms with Crippen molar-refractivity contribution in [2.45, 2.75) is 42.9 Å². The van der Waals surface area contributed by atoms with Crippen LogP contribution in [0.3, 0.4) is 0 Å². The zero-order valence-corrected chi connectivity index (χ0v) is 16.9. The van der Waals surface area contributed by atoms with Gasteiger partial charge in [-0.2, -0.15) is 0 Å². The molecule has 2 aromatic carbocycles. The smallest absolute Gasteiger partial charge is 0.338 e. The van der Waals surface area contributed by atoms with Crippen molar-refractivity contribution >= 4 is 35.1 Å². The molecule has 0 atom stereocenters. The molecular formula is C23H23NO4S. The molecule has 1 saturated carbocycles. The number of anilines is 1. The predicted octanol–water partition coefficient (Wildman–Crippen LogP) is 4.82. The van der Waals surface area contributed by atoms with Crippen LogP contribution in [0, 0.1) is 0 Å². The molecule has 1 heterocycles. The van der Waals surface area contributed by atoms with Crippen LogP contribution in [-0.2, 0) is 9.53 Å². The number of amides is 1. The highest BCUT2D eigenvalue weighted by Crippen LogP contribution is 2.33. The van der Waals surface area contributed by atoms with Gasteiger partial charge in [0.25, 0.3) is 0 Å². The molecule has 29 heavy (non-hydrogen) atoms. The SMILES string of the molecule is O=C1CSc2ccc(C(=O)OCC(=O)c3ccc(C4CCCCC4)cc3)cc2N1. The Bertz CT molecular complexity index is 932. The van der Waals surface area contributed by atoms with E-state index in [9.17, 15) is 14.4 Å². The van der Waals surface area contributed by atoms with Gasteiger partial charge in [-0.3, -0.25) is 9.59 Å². The molecule has 1 amide bonds.